The Labute approximate surface area is 128 Å². The van der Waals surface area contributed by atoms with E-state index in [1.54, 1.807) is 11.3 Å². The van der Waals surface area contributed by atoms with E-state index in [1.807, 2.05) is 17.5 Å². The Balaban J connectivity index is 1.93. The third kappa shape index (κ3) is 4.56. The highest BCUT2D eigenvalue weighted by Gasteiger charge is 2.31. The number of hydrogen-bond acceptors (Lipinski definition) is 2. The highest BCUT2D eigenvalue weighted by atomic mass is 32.1. The zero-order valence-corrected chi connectivity index (χ0v) is 12.2. The Hall–Kier alpha value is -1.89. The predicted molar refractivity (Wildman–Crippen MR) is 76.4 cm³/mol. The maximum atomic E-state index is 13.2. The van der Waals surface area contributed by atoms with Crippen molar-refractivity contribution < 1.29 is 22.4 Å². The number of aryl methyl sites for hydroxylation is 1. The van der Waals surface area contributed by atoms with Gasteiger partial charge in [-0.15, -0.1) is 11.3 Å². The SMILES string of the molecule is O=C(NCCCc1cccs1)c1cc(F)cc(C(F)(F)F)c1. The minimum Gasteiger partial charge on any atom is -0.352 e. The van der Waals surface area contributed by atoms with Crippen molar-refractivity contribution in [3.8, 4) is 0 Å². The molecule has 0 fully saturated rings. The van der Waals surface area contributed by atoms with Gasteiger partial charge in [0.15, 0.2) is 0 Å². The van der Waals surface area contributed by atoms with Crippen LogP contribution in [-0.2, 0) is 12.6 Å². The van der Waals surface area contributed by atoms with Gasteiger partial charge in [0, 0.05) is 17.0 Å². The molecule has 0 unspecified atom stereocenters. The van der Waals surface area contributed by atoms with Crippen molar-refractivity contribution in [3.05, 3.63) is 57.5 Å². The number of thiophene rings is 1. The summed E-state index contributed by atoms with van der Waals surface area (Å²) in [5.41, 5.74) is -1.50. The summed E-state index contributed by atoms with van der Waals surface area (Å²) in [7, 11) is 0. The van der Waals surface area contributed by atoms with Gasteiger partial charge >= 0.3 is 6.18 Å². The van der Waals surface area contributed by atoms with E-state index in [1.165, 1.54) is 4.88 Å². The Morgan fingerprint density at radius 3 is 2.64 bits per heavy atom. The lowest BCUT2D eigenvalue weighted by Gasteiger charge is -2.10. The standard InChI is InChI=1S/C15H13F4NOS/c16-12-8-10(7-11(9-12)15(17,18)19)14(21)20-5-1-3-13-4-2-6-22-13/h2,4,6-9H,1,3,5H2,(H,20,21). The van der Waals surface area contributed by atoms with Gasteiger partial charge in [0.05, 0.1) is 5.56 Å². The molecule has 0 aliphatic carbocycles. The lowest BCUT2D eigenvalue weighted by molar-refractivity contribution is -0.137. The molecular weight excluding hydrogens is 318 g/mol. The molecular formula is C15H13F4NOS. The minimum atomic E-state index is -4.68. The van der Waals surface area contributed by atoms with Crippen molar-refractivity contribution in [2.24, 2.45) is 0 Å². The summed E-state index contributed by atoms with van der Waals surface area (Å²) < 4.78 is 50.9. The predicted octanol–water partition coefficient (Wildman–Crippen LogP) is 4.27. The zero-order chi connectivity index (χ0) is 16.2. The van der Waals surface area contributed by atoms with Gasteiger partial charge in [0.1, 0.15) is 5.82 Å². The van der Waals surface area contributed by atoms with Gasteiger partial charge in [-0.05, 0) is 42.5 Å². The van der Waals surface area contributed by atoms with Gasteiger partial charge in [-0.2, -0.15) is 13.2 Å². The highest BCUT2D eigenvalue weighted by molar-refractivity contribution is 7.09. The van der Waals surface area contributed by atoms with E-state index in [2.05, 4.69) is 5.32 Å². The normalized spacial score (nSPS) is 11.5. The largest absolute Gasteiger partial charge is 0.416 e. The van der Waals surface area contributed by atoms with Crippen molar-refractivity contribution >= 4 is 17.2 Å². The molecule has 7 heteroatoms. The molecule has 0 saturated heterocycles. The van der Waals surface area contributed by atoms with Gasteiger partial charge in [-0.25, -0.2) is 4.39 Å². The van der Waals surface area contributed by atoms with Crippen LogP contribution < -0.4 is 5.32 Å². The number of hydrogen-bond donors (Lipinski definition) is 1. The van der Waals surface area contributed by atoms with Crippen LogP contribution >= 0.6 is 11.3 Å². The van der Waals surface area contributed by atoms with E-state index in [-0.39, 0.29) is 5.56 Å². The summed E-state index contributed by atoms with van der Waals surface area (Å²) in [4.78, 5) is 13.0. The highest BCUT2D eigenvalue weighted by Crippen LogP contribution is 2.30. The summed E-state index contributed by atoms with van der Waals surface area (Å²) in [6.45, 7) is 0.314. The summed E-state index contributed by atoms with van der Waals surface area (Å²) in [6.07, 6.45) is -3.25. The molecule has 1 heterocycles. The average Bonchev–Trinajstić information content (AvgIpc) is 2.95. The van der Waals surface area contributed by atoms with Gasteiger partial charge in [-0.3, -0.25) is 4.79 Å². The zero-order valence-electron chi connectivity index (χ0n) is 11.4. The van der Waals surface area contributed by atoms with Gasteiger partial charge < -0.3 is 5.32 Å². The second-order valence-corrected chi connectivity index (χ2v) is 5.70. The molecule has 22 heavy (non-hydrogen) atoms. The maximum absolute atomic E-state index is 13.2. The third-order valence-corrected chi connectivity index (χ3v) is 3.89. The first-order valence-electron chi connectivity index (χ1n) is 6.54. The molecule has 0 spiro atoms. The van der Waals surface area contributed by atoms with Gasteiger partial charge in [-0.1, -0.05) is 6.07 Å². The molecule has 2 aromatic rings. The van der Waals surface area contributed by atoms with Crippen molar-refractivity contribution in [1.29, 1.82) is 0 Å². The topological polar surface area (TPSA) is 29.1 Å². The molecule has 1 aromatic heterocycles. The lowest BCUT2D eigenvalue weighted by Crippen LogP contribution is -2.25. The summed E-state index contributed by atoms with van der Waals surface area (Å²) in [5.74, 6) is -1.80. The molecule has 1 amide bonds. The maximum Gasteiger partial charge on any atom is 0.416 e. The minimum absolute atomic E-state index is 0.314. The third-order valence-electron chi connectivity index (χ3n) is 2.95. The Morgan fingerprint density at radius 1 is 1.23 bits per heavy atom. The van der Waals surface area contributed by atoms with Crippen LogP contribution in [0.5, 0.6) is 0 Å². The number of amides is 1. The Morgan fingerprint density at radius 2 is 2.00 bits per heavy atom. The lowest BCUT2D eigenvalue weighted by atomic mass is 10.1. The number of carbonyl (C=O) groups is 1. The fraction of sp³-hybridized carbons (Fsp3) is 0.267. The van der Waals surface area contributed by atoms with Gasteiger partial charge in [0.25, 0.3) is 5.91 Å². The monoisotopic (exact) mass is 331 g/mol. The Kier molecular flexibility index (Phi) is 5.18. The summed E-state index contributed by atoms with van der Waals surface area (Å²) in [6, 6.07) is 5.70. The first-order valence-corrected chi connectivity index (χ1v) is 7.42. The number of rotatable bonds is 5. The quantitative estimate of drug-likeness (QED) is 0.643. The van der Waals surface area contributed by atoms with E-state index in [0.717, 1.165) is 12.5 Å². The fourth-order valence-electron chi connectivity index (χ4n) is 1.91. The molecule has 2 nitrogen and oxygen atoms in total. The van der Waals surface area contributed by atoms with Crippen LogP contribution in [0.15, 0.2) is 35.7 Å². The van der Waals surface area contributed by atoms with Crippen molar-refractivity contribution in [2.75, 3.05) is 6.54 Å². The van der Waals surface area contributed by atoms with Crippen LogP contribution in [-0.4, -0.2) is 12.5 Å². The van der Waals surface area contributed by atoms with Gasteiger partial charge in [0.2, 0.25) is 0 Å². The van der Waals surface area contributed by atoms with Crippen LogP contribution in [0.1, 0.15) is 27.2 Å². The van der Waals surface area contributed by atoms with Crippen molar-refractivity contribution in [2.45, 2.75) is 19.0 Å². The van der Waals surface area contributed by atoms with Crippen LogP contribution in [0.25, 0.3) is 0 Å². The van der Waals surface area contributed by atoms with E-state index >= 15 is 0 Å². The molecule has 118 valence electrons. The van der Waals surface area contributed by atoms with E-state index in [0.29, 0.717) is 25.1 Å². The molecule has 0 radical (unpaired) electrons. The number of benzene rings is 1. The number of nitrogens with one attached hydrogen (secondary N) is 1. The van der Waals surface area contributed by atoms with Crippen molar-refractivity contribution in [1.82, 2.24) is 5.32 Å². The van der Waals surface area contributed by atoms with Crippen LogP contribution in [0.4, 0.5) is 17.6 Å². The first-order chi connectivity index (χ1) is 10.4. The van der Waals surface area contributed by atoms with Crippen LogP contribution in [0.3, 0.4) is 0 Å². The summed E-state index contributed by atoms with van der Waals surface area (Å²) in [5, 5.41) is 4.44. The summed E-state index contributed by atoms with van der Waals surface area (Å²) >= 11 is 1.60. The molecule has 0 aliphatic rings. The first kappa shape index (κ1) is 16.5. The number of alkyl halides is 3. The average molecular weight is 331 g/mol. The second-order valence-electron chi connectivity index (χ2n) is 4.67. The fourth-order valence-corrected chi connectivity index (χ4v) is 2.66. The molecule has 0 atom stereocenters. The van der Waals surface area contributed by atoms with Crippen molar-refractivity contribution in [3.63, 3.8) is 0 Å². The molecule has 0 aliphatic heterocycles. The second kappa shape index (κ2) is 6.91. The molecule has 0 bridgehead atoms. The number of carbonyl (C=O) groups excluding carboxylic acids is 1. The van der Waals surface area contributed by atoms with Crippen LogP contribution in [0.2, 0.25) is 0 Å². The van der Waals surface area contributed by atoms with E-state index in [9.17, 15) is 22.4 Å². The van der Waals surface area contributed by atoms with E-state index < -0.39 is 23.5 Å². The molecule has 1 aromatic carbocycles. The number of halogens is 4. The van der Waals surface area contributed by atoms with E-state index in [4.69, 9.17) is 0 Å². The molecule has 0 saturated carbocycles. The molecule has 1 N–H and O–H groups in total. The Bertz CT molecular complexity index is 637. The molecule has 2 rings (SSSR count). The van der Waals surface area contributed by atoms with Crippen LogP contribution in [0, 0.1) is 5.82 Å². The smallest absolute Gasteiger partial charge is 0.352 e.